The van der Waals surface area contributed by atoms with E-state index in [1.807, 2.05) is 13.8 Å². The molecule has 90 valence electrons. The SMILES string of the molecule is CC(C)=CCNc1snc(N)c1OC(C)C. The molecule has 0 unspecified atom stereocenters. The summed E-state index contributed by atoms with van der Waals surface area (Å²) in [4.78, 5) is 0. The number of hydrogen-bond acceptors (Lipinski definition) is 5. The molecule has 0 aliphatic carbocycles. The van der Waals surface area contributed by atoms with E-state index in [-0.39, 0.29) is 6.10 Å². The number of nitrogens with one attached hydrogen (secondary N) is 1. The number of hydrogen-bond donors (Lipinski definition) is 2. The Morgan fingerprint density at radius 1 is 1.56 bits per heavy atom. The number of anilines is 2. The minimum atomic E-state index is 0.0997. The first-order chi connectivity index (χ1) is 7.50. The molecular weight excluding hydrogens is 222 g/mol. The molecule has 0 radical (unpaired) electrons. The predicted molar refractivity (Wildman–Crippen MR) is 70.2 cm³/mol. The molecule has 0 bridgehead atoms. The van der Waals surface area contributed by atoms with Gasteiger partial charge >= 0.3 is 0 Å². The first-order valence-electron chi connectivity index (χ1n) is 5.29. The first-order valence-corrected chi connectivity index (χ1v) is 6.07. The molecule has 5 heteroatoms. The Hall–Kier alpha value is -1.23. The van der Waals surface area contributed by atoms with Crippen molar-refractivity contribution in [1.29, 1.82) is 0 Å². The summed E-state index contributed by atoms with van der Waals surface area (Å²) in [6, 6.07) is 0. The Bertz CT molecular complexity index is 367. The van der Waals surface area contributed by atoms with Crippen LogP contribution in [-0.2, 0) is 0 Å². The number of ether oxygens (including phenoxy) is 1. The van der Waals surface area contributed by atoms with Gasteiger partial charge in [0.05, 0.1) is 6.10 Å². The average molecular weight is 241 g/mol. The topological polar surface area (TPSA) is 60.2 Å². The van der Waals surface area contributed by atoms with E-state index in [1.54, 1.807) is 0 Å². The summed E-state index contributed by atoms with van der Waals surface area (Å²) in [5.74, 6) is 1.13. The quantitative estimate of drug-likeness (QED) is 0.778. The lowest BCUT2D eigenvalue weighted by Crippen LogP contribution is -2.08. The van der Waals surface area contributed by atoms with Crippen molar-refractivity contribution in [2.24, 2.45) is 0 Å². The van der Waals surface area contributed by atoms with Crippen LogP contribution in [0.5, 0.6) is 5.75 Å². The van der Waals surface area contributed by atoms with E-state index in [1.165, 1.54) is 17.1 Å². The number of nitrogens with two attached hydrogens (primary N) is 1. The Balaban J connectivity index is 2.68. The molecule has 0 fully saturated rings. The second kappa shape index (κ2) is 5.75. The number of rotatable bonds is 5. The van der Waals surface area contributed by atoms with Gasteiger partial charge in [0.25, 0.3) is 0 Å². The van der Waals surface area contributed by atoms with E-state index in [2.05, 4.69) is 29.6 Å². The number of nitrogen functional groups attached to an aromatic ring is 1. The van der Waals surface area contributed by atoms with Gasteiger partial charge in [-0.2, -0.15) is 4.37 Å². The number of nitrogens with zero attached hydrogens (tertiary/aromatic N) is 1. The van der Waals surface area contributed by atoms with Crippen LogP contribution in [-0.4, -0.2) is 17.0 Å². The van der Waals surface area contributed by atoms with E-state index < -0.39 is 0 Å². The van der Waals surface area contributed by atoms with E-state index >= 15 is 0 Å². The first kappa shape index (κ1) is 12.8. The van der Waals surface area contributed by atoms with Crippen LogP contribution in [0, 0.1) is 0 Å². The van der Waals surface area contributed by atoms with E-state index in [0.717, 1.165) is 11.5 Å². The van der Waals surface area contributed by atoms with Crippen LogP contribution in [0.15, 0.2) is 11.6 Å². The Morgan fingerprint density at radius 2 is 2.25 bits per heavy atom. The lowest BCUT2D eigenvalue weighted by Gasteiger charge is -2.10. The second-order valence-electron chi connectivity index (χ2n) is 4.06. The van der Waals surface area contributed by atoms with Gasteiger partial charge in [0, 0.05) is 6.54 Å². The van der Waals surface area contributed by atoms with Crippen LogP contribution in [0.2, 0.25) is 0 Å². The number of aromatic nitrogens is 1. The minimum Gasteiger partial charge on any atom is -0.484 e. The molecule has 4 nitrogen and oxygen atoms in total. The smallest absolute Gasteiger partial charge is 0.197 e. The molecule has 1 heterocycles. The van der Waals surface area contributed by atoms with Crippen molar-refractivity contribution in [3.63, 3.8) is 0 Å². The van der Waals surface area contributed by atoms with Crippen LogP contribution in [0.1, 0.15) is 27.7 Å². The van der Waals surface area contributed by atoms with Gasteiger partial charge in [0.1, 0.15) is 0 Å². The highest BCUT2D eigenvalue weighted by Gasteiger charge is 2.13. The van der Waals surface area contributed by atoms with Gasteiger partial charge in [-0.15, -0.1) is 0 Å². The van der Waals surface area contributed by atoms with Crippen molar-refractivity contribution in [3.05, 3.63) is 11.6 Å². The molecule has 3 N–H and O–H groups in total. The van der Waals surface area contributed by atoms with Gasteiger partial charge < -0.3 is 15.8 Å². The molecule has 0 aromatic carbocycles. The largest absolute Gasteiger partial charge is 0.484 e. The summed E-state index contributed by atoms with van der Waals surface area (Å²) in [5.41, 5.74) is 7.01. The highest BCUT2D eigenvalue weighted by atomic mass is 32.1. The maximum absolute atomic E-state index is 5.74. The van der Waals surface area contributed by atoms with Crippen molar-refractivity contribution in [2.75, 3.05) is 17.6 Å². The van der Waals surface area contributed by atoms with E-state index in [9.17, 15) is 0 Å². The van der Waals surface area contributed by atoms with Crippen LogP contribution >= 0.6 is 11.5 Å². The van der Waals surface area contributed by atoms with Crippen LogP contribution < -0.4 is 15.8 Å². The summed E-state index contributed by atoms with van der Waals surface area (Å²) in [7, 11) is 0. The van der Waals surface area contributed by atoms with E-state index in [4.69, 9.17) is 10.5 Å². The van der Waals surface area contributed by atoms with E-state index in [0.29, 0.717) is 11.6 Å². The van der Waals surface area contributed by atoms with Crippen molar-refractivity contribution < 1.29 is 4.74 Å². The van der Waals surface area contributed by atoms with Gasteiger partial charge in [0.15, 0.2) is 16.6 Å². The third-order valence-electron chi connectivity index (χ3n) is 1.80. The fourth-order valence-electron chi connectivity index (χ4n) is 1.10. The molecule has 1 aromatic rings. The lowest BCUT2D eigenvalue weighted by atomic mass is 10.3. The molecule has 0 atom stereocenters. The van der Waals surface area contributed by atoms with Crippen LogP contribution in [0.25, 0.3) is 0 Å². The Labute approximate surface area is 101 Å². The van der Waals surface area contributed by atoms with Crippen LogP contribution in [0.4, 0.5) is 10.8 Å². The third-order valence-corrected chi connectivity index (χ3v) is 2.60. The highest BCUT2D eigenvalue weighted by Crippen LogP contribution is 2.35. The summed E-state index contributed by atoms with van der Waals surface area (Å²) in [6.07, 6.45) is 2.21. The summed E-state index contributed by atoms with van der Waals surface area (Å²) in [6.45, 7) is 8.83. The number of allylic oxidation sites excluding steroid dienone is 1. The monoisotopic (exact) mass is 241 g/mol. The third kappa shape index (κ3) is 3.73. The normalized spacial score (nSPS) is 10.3. The fourth-order valence-corrected chi connectivity index (χ4v) is 1.76. The van der Waals surface area contributed by atoms with Gasteiger partial charge in [-0.3, -0.25) is 0 Å². The predicted octanol–water partition coefficient (Wildman–Crippen LogP) is 2.89. The molecule has 0 aliphatic heterocycles. The van der Waals surface area contributed by atoms with Crippen molar-refractivity contribution in [3.8, 4) is 5.75 Å². The van der Waals surface area contributed by atoms with Gasteiger partial charge in [-0.25, -0.2) is 0 Å². The molecule has 0 saturated heterocycles. The molecule has 1 aromatic heterocycles. The maximum atomic E-state index is 5.74. The molecule has 1 rings (SSSR count). The van der Waals surface area contributed by atoms with Crippen molar-refractivity contribution in [2.45, 2.75) is 33.8 Å². The van der Waals surface area contributed by atoms with Crippen LogP contribution in [0.3, 0.4) is 0 Å². The summed E-state index contributed by atoms with van der Waals surface area (Å²) < 4.78 is 9.69. The Kier molecular flexibility index (Phi) is 4.61. The lowest BCUT2D eigenvalue weighted by molar-refractivity contribution is 0.245. The molecule has 0 saturated carbocycles. The maximum Gasteiger partial charge on any atom is 0.197 e. The second-order valence-corrected chi connectivity index (χ2v) is 4.83. The zero-order valence-corrected chi connectivity index (χ0v) is 11.0. The van der Waals surface area contributed by atoms with Crippen molar-refractivity contribution in [1.82, 2.24) is 4.37 Å². The molecule has 0 aliphatic rings. The minimum absolute atomic E-state index is 0.0997. The average Bonchev–Trinajstić information content (AvgIpc) is 2.48. The summed E-state index contributed by atoms with van der Waals surface area (Å²) >= 11 is 1.33. The van der Waals surface area contributed by atoms with Crippen molar-refractivity contribution >= 4 is 22.4 Å². The zero-order chi connectivity index (χ0) is 12.1. The highest BCUT2D eigenvalue weighted by molar-refractivity contribution is 7.11. The molecule has 0 amide bonds. The fraction of sp³-hybridized carbons (Fsp3) is 0.545. The summed E-state index contributed by atoms with van der Waals surface area (Å²) in [5, 5.41) is 4.14. The molecular formula is C11H19N3OS. The van der Waals surface area contributed by atoms with Gasteiger partial charge in [-0.1, -0.05) is 11.6 Å². The van der Waals surface area contributed by atoms with Gasteiger partial charge in [0.2, 0.25) is 0 Å². The zero-order valence-electron chi connectivity index (χ0n) is 10.2. The Morgan fingerprint density at radius 3 is 2.81 bits per heavy atom. The van der Waals surface area contributed by atoms with Gasteiger partial charge in [-0.05, 0) is 39.2 Å². The standard InChI is InChI=1S/C11H19N3OS/c1-7(2)5-6-13-11-9(15-8(3)4)10(12)14-16-11/h5,8,13H,6H2,1-4H3,(H2,12,14). The molecule has 16 heavy (non-hydrogen) atoms. The molecule has 0 spiro atoms.